The first-order valence-electron chi connectivity index (χ1n) is 6.42. The highest BCUT2D eigenvalue weighted by Gasteiger charge is 2.13. The smallest absolute Gasteiger partial charge is 0.237 e. The normalized spacial score (nSPS) is 12.4. The maximum atomic E-state index is 11.7. The minimum Gasteiger partial charge on any atom is -0.508 e. The third-order valence-electron chi connectivity index (χ3n) is 2.58. The molecule has 4 N–H and O–H groups in total. The van der Waals surface area contributed by atoms with Crippen LogP contribution in [-0.2, 0) is 16.0 Å². The van der Waals surface area contributed by atoms with Crippen LogP contribution in [0.3, 0.4) is 0 Å². The fraction of sp³-hybridized carbons (Fsp3) is 0.500. The van der Waals surface area contributed by atoms with Crippen molar-refractivity contribution < 1.29 is 14.6 Å². The van der Waals surface area contributed by atoms with E-state index in [4.69, 9.17) is 15.6 Å². The molecule has 0 radical (unpaired) electrons. The Morgan fingerprint density at radius 2 is 2.00 bits per heavy atom. The van der Waals surface area contributed by atoms with Crippen LogP contribution in [0.4, 0.5) is 0 Å². The molecule has 0 saturated carbocycles. The summed E-state index contributed by atoms with van der Waals surface area (Å²) in [7, 11) is 0. The highest BCUT2D eigenvalue weighted by atomic mass is 16.5. The summed E-state index contributed by atoms with van der Waals surface area (Å²) in [6.07, 6.45) is 0.597. The third-order valence-corrected chi connectivity index (χ3v) is 2.58. The molecule has 5 heteroatoms. The second-order valence-corrected chi connectivity index (χ2v) is 4.69. The van der Waals surface area contributed by atoms with Gasteiger partial charge in [-0.05, 0) is 38.0 Å². The van der Waals surface area contributed by atoms with Crippen molar-refractivity contribution in [1.82, 2.24) is 5.32 Å². The van der Waals surface area contributed by atoms with Gasteiger partial charge >= 0.3 is 0 Å². The van der Waals surface area contributed by atoms with Gasteiger partial charge in [0.15, 0.2) is 0 Å². The van der Waals surface area contributed by atoms with Gasteiger partial charge in [0.05, 0.1) is 18.8 Å². The number of rotatable bonds is 7. The number of hydrogen-bond donors (Lipinski definition) is 3. The van der Waals surface area contributed by atoms with Gasteiger partial charge in [0.1, 0.15) is 5.75 Å². The molecule has 1 amide bonds. The van der Waals surface area contributed by atoms with E-state index in [-0.39, 0.29) is 17.8 Å². The lowest BCUT2D eigenvalue weighted by molar-refractivity contribution is -0.122. The number of carbonyl (C=O) groups excluding carboxylic acids is 1. The maximum absolute atomic E-state index is 11.7. The van der Waals surface area contributed by atoms with Crippen molar-refractivity contribution in [2.75, 3.05) is 13.2 Å². The largest absolute Gasteiger partial charge is 0.508 e. The summed E-state index contributed by atoms with van der Waals surface area (Å²) in [4.78, 5) is 11.7. The quantitative estimate of drug-likeness (QED) is 0.637. The van der Waals surface area contributed by atoms with Gasteiger partial charge in [-0.15, -0.1) is 0 Å². The molecule has 1 aromatic rings. The highest BCUT2D eigenvalue weighted by molar-refractivity contribution is 5.81. The summed E-state index contributed by atoms with van der Waals surface area (Å²) < 4.78 is 5.32. The van der Waals surface area contributed by atoms with Crippen molar-refractivity contribution in [2.24, 2.45) is 5.73 Å². The third kappa shape index (κ3) is 6.22. The van der Waals surface area contributed by atoms with E-state index in [9.17, 15) is 4.79 Å². The van der Waals surface area contributed by atoms with Crippen molar-refractivity contribution >= 4 is 5.91 Å². The van der Waals surface area contributed by atoms with E-state index >= 15 is 0 Å². The molecule has 19 heavy (non-hydrogen) atoms. The standard InChI is InChI=1S/C14H22N2O3/c1-10(2)19-8-7-16-14(18)13(15)9-11-3-5-12(17)6-4-11/h3-6,10,13,17H,7-9,15H2,1-2H3,(H,16,18). The summed E-state index contributed by atoms with van der Waals surface area (Å²) in [5, 5.41) is 11.9. The lowest BCUT2D eigenvalue weighted by Gasteiger charge is -2.13. The molecule has 0 heterocycles. The lowest BCUT2D eigenvalue weighted by Crippen LogP contribution is -2.43. The minimum absolute atomic E-state index is 0.155. The van der Waals surface area contributed by atoms with Crippen LogP contribution in [0.15, 0.2) is 24.3 Å². The predicted molar refractivity (Wildman–Crippen MR) is 73.9 cm³/mol. The minimum atomic E-state index is -0.594. The molecule has 0 spiro atoms. The fourth-order valence-corrected chi connectivity index (χ4v) is 1.58. The molecule has 0 bridgehead atoms. The molecule has 1 aromatic carbocycles. The number of phenols is 1. The Labute approximate surface area is 113 Å². The number of nitrogens with one attached hydrogen (secondary N) is 1. The fourth-order valence-electron chi connectivity index (χ4n) is 1.58. The topological polar surface area (TPSA) is 84.6 Å². The number of carbonyl (C=O) groups is 1. The van der Waals surface area contributed by atoms with E-state index < -0.39 is 6.04 Å². The van der Waals surface area contributed by atoms with Gasteiger partial charge in [0.25, 0.3) is 0 Å². The van der Waals surface area contributed by atoms with Crippen molar-refractivity contribution in [3.63, 3.8) is 0 Å². The summed E-state index contributed by atoms with van der Waals surface area (Å²) in [6.45, 7) is 4.83. The lowest BCUT2D eigenvalue weighted by atomic mass is 10.1. The Morgan fingerprint density at radius 1 is 1.37 bits per heavy atom. The molecule has 0 saturated heterocycles. The molecular weight excluding hydrogens is 244 g/mol. The summed E-state index contributed by atoms with van der Waals surface area (Å²) in [6, 6.07) is 6.07. The Balaban J connectivity index is 2.30. The summed E-state index contributed by atoms with van der Waals surface area (Å²) in [5.41, 5.74) is 6.73. The molecule has 0 fully saturated rings. The average molecular weight is 266 g/mol. The van der Waals surface area contributed by atoms with E-state index in [1.54, 1.807) is 24.3 Å². The van der Waals surface area contributed by atoms with Gasteiger partial charge in [-0.1, -0.05) is 12.1 Å². The molecule has 5 nitrogen and oxygen atoms in total. The van der Waals surface area contributed by atoms with Gasteiger partial charge in [-0.3, -0.25) is 4.79 Å². The maximum Gasteiger partial charge on any atom is 0.237 e. The number of phenolic OH excluding ortho intramolecular Hbond substituents is 1. The molecule has 0 aliphatic carbocycles. The molecule has 1 rings (SSSR count). The van der Waals surface area contributed by atoms with Gasteiger partial charge in [-0.2, -0.15) is 0 Å². The van der Waals surface area contributed by atoms with Crippen molar-refractivity contribution in [1.29, 1.82) is 0 Å². The van der Waals surface area contributed by atoms with Crippen LogP contribution in [0.1, 0.15) is 19.4 Å². The van der Waals surface area contributed by atoms with E-state index in [1.165, 1.54) is 0 Å². The average Bonchev–Trinajstić information content (AvgIpc) is 2.36. The molecule has 0 aromatic heterocycles. The molecule has 0 aliphatic rings. The van der Waals surface area contributed by atoms with Gasteiger partial charge < -0.3 is 20.9 Å². The zero-order valence-electron chi connectivity index (χ0n) is 11.4. The highest BCUT2D eigenvalue weighted by Crippen LogP contribution is 2.10. The van der Waals surface area contributed by atoms with Gasteiger partial charge in [0, 0.05) is 6.54 Å². The van der Waals surface area contributed by atoms with Gasteiger partial charge in [0.2, 0.25) is 5.91 Å². The second-order valence-electron chi connectivity index (χ2n) is 4.69. The summed E-state index contributed by atoms with van der Waals surface area (Å²) in [5.74, 6) is 0.00744. The number of ether oxygens (including phenoxy) is 1. The summed E-state index contributed by atoms with van der Waals surface area (Å²) >= 11 is 0. The molecular formula is C14H22N2O3. The van der Waals surface area contributed by atoms with Crippen LogP contribution in [0.25, 0.3) is 0 Å². The van der Waals surface area contributed by atoms with Crippen LogP contribution >= 0.6 is 0 Å². The first kappa shape index (κ1) is 15.5. The Kier molecular flexibility index (Phi) is 6.32. The molecule has 1 unspecified atom stereocenters. The number of nitrogens with two attached hydrogens (primary N) is 1. The predicted octanol–water partition coefficient (Wildman–Crippen LogP) is 0.803. The van der Waals surface area contributed by atoms with E-state index in [1.807, 2.05) is 13.8 Å². The zero-order valence-corrected chi connectivity index (χ0v) is 11.4. The van der Waals surface area contributed by atoms with E-state index in [0.29, 0.717) is 19.6 Å². The van der Waals surface area contributed by atoms with E-state index in [0.717, 1.165) is 5.56 Å². The Bertz CT molecular complexity index is 390. The number of amides is 1. The van der Waals surface area contributed by atoms with Gasteiger partial charge in [-0.25, -0.2) is 0 Å². The number of aromatic hydroxyl groups is 1. The number of benzene rings is 1. The second kappa shape index (κ2) is 7.76. The zero-order chi connectivity index (χ0) is 14.3. The van der Waals surface area contributed by atoms with Crippen LogP contribution in [0.5, 0.6) is 5.75 Å². The van der Waals surface area contributed by atoms with Crippen molar-refractivity contribution in [2.45, 2.75) is 32.4 Å². The van der Waals surface area contributed by atoms with Crippen LogP contribution in [0, 0.1) is 0 Å². The number of hydrogen-bond acceptors (Lipinski definition) is 4. The molecule has 106 valence electrons. The van der Waals surface area contributed by atoms with Crippen molar-refractivity contribution in [3.05, 3.63) is 29.8 Å². The monoisotopic (exact) mass is 266 g/mol. The Morgan fingerprint density at radius 3 is 2.58 bits per heavy atom. The Hall–Kier alpha value is -1.59. The van der Waals surface area contributed by atoms with Crippen LogP contribution in [0.2, 0.25) is 0 Å². The van der Waals surface area contributed by atoms with Crippen molar-refractivity contribution in [3.8, 4) is 5.75 Å². The molecule has 0 aliphatic heterocycles. The SMILES string of the molecule is CC(C)OCCNC(=O)C(N)Cc1ccc(O)cc1. The first-order valence-corrected chi connectivity index (χ1v) is 6.42. The molecule has 1 atom stereocenters. The van der Waals surface area contributed by atoms with Crippen LogP contribution < -0.4 is 11.1 Å². The first-order chi connectivity index (χ1) is 8.99. The van der Waals surface area contributed by atoms with E-state index in [2.05, 4.69) is 5.32 Å². The van der Waals surface area contributed by atoms with Crippen LogP contribution in [-0.4, -0.2) is 36.3 Å².